The lowest BCUT2D eigenvalue weighted by atomic mass is 10.2. The maximum atomic E-state index is 10.3. The molecule has 2 aromatic rings. The van der Waals surface area contributed by atoms with Crippen LogP contribution in [0.1, 0.15) is 10.7 Å². The maximum absolute atomic E-state index is 10.3. The van der Waals surface area contributed by atoms with Crippen molar-refractivity contribution in [3.05, 3.63) is 33.6 Å². The number of hydrogen-bond donors (Lipinski definition) is 0. The Balaban J connectivity index is 2.44. The molecule has 15 heavy (non-hydrogen) atoms. The summed E-state index contributed by atoms with van der Waals surface area (Å²) in [7, 11) is 0. The normalized spacial score (nSPS) is 10.3. The number of nitrogens with zero attached hydrogens (tertiary/aromatic N) is 2. The molecule has 0 fully saturated rings. The zero-order valence-corrected chi connectivity index (χ0v) is 9.62. The van der Waals surface area contributed by atoms with Crippen molar-refractivity contribution < 1.29 is 9.32 Å². The molecule has 0 saturated heterocycles. The molecule has 1 aromatic heterocycles. The smallest absolute Gasteiger partial charge is 0.291 e. The number of hydrogen-bond acceptors (Lipinski definition) is 4. The SMILES string of the molecule is O=Cc1nc(-c2ccc(Cl)c(Br)c2)no1. The Hall–Kier alpha value is -1.20. The summed E-state index contributed by atoms with van der Waals surface area (Å²) in [5.74, 6) is 0.311. The fraction of sp³-hybridized carbons (Fsp3) is 0. The van der Waals surface area contributed by atoms with Gasteiger partial charge in [-0.2, -0.15) is 4.98 Å². The van der Waals surface area contributed by atoms with Gasteiger partial charge in [0.1, 0.15) is 0 Å². The lowest BCUT2D eigenvalue weighted by molar-refractivity contribution is 0.108. The van der Waals surface area contributed by atoms with E-state index >= 15 is 0 Å². The summed E-state index contributed by atoms with van der Waals surface area (Å²) in [4.78, 5) is 14.2. The molecular weight excluding hydrogens is 283 g/mol. The summed E-state index contributed by atoms with van der Waals surface area (Å²) in [6.07, 6.45) is 0.501. The minimum Gasteiger partial charge on any atom is -0.331 e. The van der Waals surface area contributed by atoms with Crippen molar-refractivity contribution in [1.29, 1.82) is 0 Å². The van der Waals surface area contributed by atoms with Gasteiger partial charge in [0, 0.05) is 10.0 Å². The third kappa shape index (κ3) is 2.08. The highest BCUT2D eigenvalue weighted by atomic mass is 79.9. The quantitative estimate of drug-likeness (QED) is 0.797. The molecule has 0 aliphatic carbocycles. The van der Waals surface area contributed by atoms with Crippen LogP contribution in [0.2, 0.25) is 5.02 Å². The van der Waals surface area contributed by atoms with Crippen LogP contribution in [0.25, 0.3) is 11.4 Å². The summed E-state index contributed by atoms with van der Waals surface area (Å²) in [6, 6.07) is 5.20. The van der Waals surface area contributed by atoms with Crippen LogP contribution in [0.4, 0.5) is 0 Å². The number of aromatic nitrogens is 2. The van der Waals surface area contributed by atoms with Crippen LogP contribution in [-0.2, 0) is 0 Å². The Morgan fingerprint density at radius 3 is 2.87 bits per heavy atom. The van der Waals surface area contributed by atoms with E-state index in [0.29, 0.717) is 17.1 Å². The molecule has 0 N–H and O–H groups in total. The molecule has 0 aliphatic heterocycles. The number of halogens is 2. The number of carbonyl (C=O) groups is 1. The summed E-state index contributed by atoms with van der Waals surface area (Å²) in [6.45, 7) is 0. The van der Waals surface area contributed by atoms with Crippen molar-refractivity contribution in [2.24, 2.45) is 0 Å². The molecule has 0 unspecified atom stereocenters. The monoisotopic (exact) mass is 286 g/mol. The van der Waals surface area contributed by atoms with Gasteiger partial charge in [-0.15, -0.1) is 0 Å². The molecule has 6 heteroatoms. The van der Waals surface area contributed by atoms with Gasteiger partial charge < -0.3 is 4.52 Å². The van der Waals surface area contributed by atoms with Gasteiger partial charge in [-0.25, -0.2) is 0 Å². The maximum Gasteiger partial charge on any atom is 0.291 e. The fourth-order valence-electron chi connectivity index (χ4n) is 1.04. The lowest BCUT2D eigenvalue weighted by Gasteiger charge is -1.97. The van der Waals surface area contributed by atoms with Gasteiger partial charge in [-0.1, -0.05) is 16.8 Å². The van der Waals surface area contributed by atoms with Gasteiger partial charge in [0.15, 0.2) is 0 Å². The highest BCUT2D eigenvalue weighted by Crippen LogP contribution is 2.27. The second kappa shape index (κ2) is 4.12. The second-order valence-electron chi connectivity index (χ2n) is 2.70. The van der Waals surface area contributed by atoms with Gasteiger partial charge in [0.2, 0.25) is 12.1 Å². The molecule has 1 heterocycles. The van der Waals surface area contributed by atoms with E-state index in [1.54, 1.807) is 18.2 Å². The molecular formula is C9H4BrClN2O2. The van der Waals surface area contributed by atoms with E-state index < -0.39 is 0 Å². The summed E-state index contributed by atoms with van der Waals surface area (Å²) in [5, 5.41) is 4.24. The molecule has 2 rings (SSSR count). The molecule has 0 spiro atoms. The molecule has 76 valence electrons. The number of benzene rings is 1. The number of aldehydes is 1. The van der Waals surface area contributed by atoms with E-state index in [0.717, 1.165) is 10.0 Å². The van der Waals surface area contributed by atoms with Crippen LogP contribution in [0.5, 0.6) is 0 Å². The molecule has 0 radical (unpaired) electrons. The van der Waals surface area contributed by atoms with E-state index in [4.69, 9.17) is 11.6 Å². The fourth-order valence-corrected chi connectivity index (χ4v) is 1.53. The Morgan fingerprint density at radius 2 is 2.27 bits per heavy atom. The highest BCUT2D eigenvalue weighted by molar-refractivity contribution is 9.10. The van der Waals surface area contributed by atoms with Crippen molar-refractivity contribution in [1.82, 2.24) is 10.1 Å². The molecule has 1 aromatic carbocycles. The van der Waals surface area contributed by atoms with Crippen LogP contribution in [0.15, 0.2) is 27.2 Å². The minimum atomic E-state index is -0.0453. The van der Waals surface area contributed by atoms with E-state index in [2.05, 4.69) is 30.6 Å². The van der Waals surface area contributed by atoms with Crippen molar-refractivity contribution in [2.75, 3.05) is 0 Å². The topological polar surface area (TPSA) is 56.0 Å². The first kappa shape index (κ1) is 10.3. The van der Waals surface area contributed by atoms with Crippen LogP contribution >= 0.6 is 27.5 Å². The Bertz CT molecular complexity index is 513. The van der Waals surface area contributed by atoms with Crippen molar-refractivity contribution >= 4 is 33.8 Å². The predicted molar refractivity (Wildman–Crippen MR) is 57.8 cm³/mol. The van der Waals surface area contributed by atoms with Crippen molar-refractivity contribution in [3.8, 4) is 11.4 Å². The number of carbonyl (C=O) groups excluding carboxylic acids is 1. The van der Waals surface area contributed by atoms with Crippen molar-refractivity contribution in [2.45, 2.75) is 0 Å². The number of rotatable bonds is 2. The average molecular weight is 288 g/mol. The van der Waals surface area contributed by atoms with Crippen LogP contribution in [0, 0.1) is 0 Å². The van der Waals surface area contributed by atoms with Crippen molar-refractivity contribution in [3.63, 3.8) is 0 Å². The van der Waals surface area contributed by atoms with Gasteiger partial charge >= 0.3 is 0 Å². The Kier molecular flexibility index (Phi) is 2.83. The van der Waals surface area contributed by atoms with Crippen LogP contribution in [-0.4, -0.2) is 16.4 Å². The van der Waals surface area contributed by atoms with E-state index in [1.165, 1.54) is 0 Å². The van der Waals surface area contributed by atoms with Gasteiger partial charge in [-0.05, 0) is 34.1 Å². The first-order chi connectivity index (χ1) is 7.20. The molecule has 0 aliphatic rings. The predicted octanol–water partition coefficient (Wildman–Crippen LogP) is 2.97. The Labute approximate surface area is 98.4 Å². The lowest BCUT2D eigenvalue weighted by Crippen LogP contribution is -1.82. The minimum absolute atomic E-state index is 0.0453. The second-order valence-corrected chi connectivity index (χ2v) is 3.96. The van der Waals surface area contributed by atoms with Gasteiger partial charge in [-0.3, -0.25) is 4.79 Å². The van der Waals surface area contributed by atoms with E-state index in [-0.39, 0.29) is 5.89 Å². The summed E-state index contributed by atoms with van der Waals surface area (Å²) in [5.41, 5.74) is 0.725. The van der Waals surface area contributed by atoms with Crippen LogP contribution < -0.4 is 0 Å². The summed E-state index contributed by atoms with van der Waals surface area (Å²) < 4.78 is 5.40. The molecule has 0 saturated carbocycles. The molecule has 0 bridgehead atoms. The largest absolute Gasteiger partial charge is 0.331 e. The Morgan fingerprint density at radius 1 is 1.47 bits per heavy atom. The first-order valence-corrected chi connectivity index (χ1v) is 5.12. The highest BCUT2D eigenvalue weighted by Gasteiger charge is 2.08. The zero-order valence-electron chi connectivity index (χ0n) is 7.28. The molecule has 0 amide bonds. The standard InChI is InChI=1S/C9H4BrClN2O2/c10-6-3-5(1-2-7(6)11)9-12-8(4-14)15-13-9/h1-4H. The average Bonchev–Trinajstić information content (AvgIpc) is 2.70. The molecule has 4 nitrogen and oxygen atoms in total. The summed E-state index contributed by atoms with van der Waals surface area (Å²) >= 11 is 9.11. The zero-order chi connectivity index (χ0) is 10.8. The first-order valence-electron chi connectivity index (χ1n) is 3.95. The molecule has 0 atom stereocenters. The van der Waals surface area contributed by atoms with Gasteiger partial charge in [0.05, 0.1) is 5.02 Å². The van der Waals surface area contributed by atoms with Crippen LogP contribution in [0.3, 0.4) is 0 Å². The third-order valence-corrected chi connectivity index (χ3v) is 2.93. The van der Waals surface area contributed by atoms with E-state index in [9.17, 15) is 4.79 Å². The third-order valence-electron chi connectivity index (χ3n) is 1.72. The van der Waals surface area contributed by atoms with Gasteiger partial charge in [0.25, 0.3) is 5.89 Å². The van der Waals surface area contributed by atoms with E-state index in [1.807, 2.05) is 0 Å².